The van der Waals surface area contributed by atoms with Gasteiger partial charge in [0.2, 0.25) is 0 Å². The molecule has 3 rings (SSSR count). The van der Waals surface area contributed by atoms with Crippen molar-refractivity contribution in [2.24, 2.45) is 0 Å². The van der Waals surface area contributed by atoms with Gasteiger partial charge in [0.1, 0.15) is 5.69 Å². The van der Waals surface area contributed by atoms with Crippen LogP contribution < -0.4 is 9.47 Å². The molecule has 7 heteroatoms. The minimum Gasteiger partial charge on any atom is -0.493 e. The third kappa shape index (κ3) is 1.56. The molecule has 0 radical (unpaired) electrons. The first kappa shape index (κ1) is 10.6. The summed E-state index contributed by atoms with van der Waals surface area (Å²) in [6.07, 6.45) is 1.60. The first-order chi connectivity index (χ1) is 8.81. The van der Waals surface area contributed by atoms with E-state index in [1.54, 1.807) is 20.4 Å². The van der Waals surface area contributed by atoms with Crippen molar-refractivity contribution in [1.29, 1.82) is 0 Å². The third-order valence-corrected chi connectivity index (χ3v) is 2.64. The fourth-order valence-electron chi connectivity index (χ4n) is 1.77. The number of H-pyrrole nitrogens is 2. The predicted molar refractivity (Wildman–Crippen MR) is 64.6 cm³/mol. The Morgan fingerprint density at radius 2 is 1.89 bits per heavy atom. The van der Waals surface area contributed by atoms with Gasteiger partial charge in [-0.05, 0) is 0 Å². The van der Waals surface area contributed by atoms with Crippen molar-refractivity contribution < 1.29 is 9.47 Å². The van der Waals surface area contributed by atoms with Gasteiger partial charge in [0.25, 0.3) is 0 Å². The van der Waals surface area contributed by atoms with Crippen LogP contribution in [0.3, 0.4) is 0 Å². The van der Waals surface area contributed by atoms with E-state index in [0.29, 0.717) is 23.0 Å². The highest BCUT2D eigenvalue weighted by atomic mass is 16.5. The standard InChI is InChI=1S/C11H11N5O2/c1-17-9-3-6-7(4-10(9)18-2)14-11(13-6)8-5-12-16-15-8/h3-5H,1-2H3,(H,13,14)(H,12,15,16). The molecule has 0 fully saturated rings. The molecule has 0 bridgehead atoms. The van der Waals surface area contributed by atoms with Crippen LogP contribution in [-0.2, 0) is 0 Å². The molecule has 0 unspecified atom stereocenters. The van der Waals surface area contributed by atoms with Crippen molar-refractivity contribution >= 4 is 11.0 Å². The summed E-state index contributed by atoms with van der Waals surface area (Å²) >= 11 is 0. The molecule has 92 valence electrons. The van der Waals surface area contributed by atoms with E-state index in [9.17, 15) is 0 Å². The second-order valence-corrected chi connectivity index (χ2v) is 3.66. The molecule has 0 atom stereocenters. The maximum Gasteiger partial charge on any atom is 0.163 e. The smallest absolute Gasteiger partial charge is 0.163 e. The van der Waals surface area contributed by atoms with E-state index < -0.39 is 0 Å². The molecule has 1 aromatic carbocycles. The van der Waals surface area contributed by atoms with Gasteiger partial charge >= 0.3 is 0 Å². The lowest BCUT2D eigenvalue weighted by atomic mass is 10.3. The monoisotopic (exact) mass is 245 g/mol. The topological polar surface area (TPSA) is 88.7 Å². The molecule has 0 amide bonds. The van der Waals surface area contributed by atoms with Crippen molar-refractivity contribution in [3.05, 3.63) is 18.3 Å². The summed E-state index contributed by atoms with van der Waals surface area (Å²) in [6.45, 7) is 0. The lowest BCUT2D eigenvalue weighted by Gasteiger charge is -2.06. The van der Waals surface area contributed by atoms with Crippen molar-refractivity contribution in [3.63, 3.8) is 0 Å². The highest BCUT2D eigenvalue weighted by molar-refractivity contribution is 5.82. The van der Waals surface area contributed by atoms with Crippen molar-refractivity contribution in [1.82, 2.24) is 25.4 Å². The Labute approximate surface area is 102 Å². The number of fused-ring (bicyclic) bond motifs is 1. The summed E-state index contributed by atoms with van der Waals surface area (Å²) in [5.74, 6) is 1.94. The first-order valence-corrected chi connectivity index (χ1v) is 5.29. The van der Waals surface area contributed by atoms with Crippen molar-refractivity contribution in [2.75, 3.05) is 14.2 Å². The summed E-state index contributed by atoms with van der Waals surface area (Å²) in [6, 6.07) is 3.65. The highest BCUT2D eigenvalue weighted by Gasteiger charge is 2.11. The summed E-state index contributed by atoms with van der Waals surface area (Å²) in [7, 11) is 3.19. The number of ether oxygens (including phenoxy) is 2. The second-order valence-electron chi connectivity index (χ2n) is 3.66. The highest BCUT2D eigenvalue weighted by Crippen LogP contribution is 2.32. The second kappa shape index (κ2) is 4.02. The Kier molecular flexibility index (Phi) is 2.36. The van der Waals surface area contributed by atoms with Crippen LogP contribution in [0.15, 0.2) is 18.3 Å². The third-order valence-electron chi connectivity index (χ3n) is 2.64. The number of nitrogens with zero attached hydrogens (tertiary/aromatic N) is 3. The molecule has 0 saturated carbocycles. The Hall–Kier alpha value is -2.57. The fraction of sp³-hybridized carbons (Fsp3) is 0.182. The molecule has 0 aliphatic carbocycles. The number of methoxy groups -OCH3 is 2. The van der Waals surface area contributed by atoms with Crippen LogP contribution in [0.25, 0.3) is 22.6 Å². The molecule has 3 aromatic rings. The van der Waals surface area contributed by atoms with Gasteiger partial charge in [-0.25, -0.2) is 4.98 Å². The van der Waals surface area contributed by atoms with E-state index in [4.69, 9.17) is 9.47 Å². The summed E-state index contributed by atoms with van der Waals surface area (Å²) in [5, 5.41) is 10.3. The molecule has 2 heterocycles. The molecule has 0 saturated heterocycles. The van der Waals surface area contributed by atoms with Crippen molar-refractivity contribution in [2.45, 2.75) is 0 Å². The van der Waals surface area contributed by atoms with E-state index in [2.05, 4.69) is 25.4 Å². The summed E-state index contributed by atoms with van der Waals surface area (Å²) < 4.78 is 10.5. The Morgan fingerprint density at radius 1 is 1.11 bits per heavy atom. The first-order valence-electron chi connectivity index (χ1n) is 5.29. The Bertz CT molecular complexity index is 633. The maximum atomic E-state index is 5.24. The van der Waals surface area contributed by atoms with E-state index in [-0.39, 0.29) is 0 Å². The SMILES string of the molecule is COc1cc2nc(-c3cn[nH]n3)[nH]c2cc1OC. The Morgan fingerprint density at radius 3 is 2.56 bits per heavy atom. The number of nitrogens with one attached hydrogen (secondary N) is 2. The minimum absolute atomic E-state index is 0.642. The number of benzene rings is 1. The molecule has 2 N–H and O–H groups in total. The summed E-state index contributed by atoms with van der Waals surface area (Å²) in [4.78, 5) is 7.58. The molecule has 18 heavy (non-hydrogen) atoms. The number of aromatic nitrogens is 5. The molecule has 0 aliphatic heterocycles. The average molecular weight is 245 g/mol. The molecule has 0 spiro atoms. The predicted octanol–water partition coefficient (Wildman–Crippen LogP) is 1.37. The number of rotatable bonds is 3. The van der Waals surface area contributed by atoms with Crippen LogP contribution in [0.2, 0.25) is 0 Å². The maximum absolute atomic E-state index is 5.24. The molecule has 2 aromatic heterocycles. The van der Waals surface area contributed by atoms with Crippen LogP contribution in [0.4, 0.5) is 0 Å². The number of hydrogen-bond acceptors (Lipinski definition) is 5. The van der Waals surface area contributed by atoms with E-state index in [1.807, 2.05) is 12.1 Å². The van der Waals surface area contributed by atoms with Crippen molar-refractivity contribution in [3.8, 4) is 23.0 Å². The van der Waals surface area contributed by atoms with E-state index >= 15 is 0 Å². The molecule has 7 nitrogen and oxygen atoms in total. The molecule has 0 aliphatic rings. The van der Waals surface area contributed by atoms with Gasteiger partial charge in [-0.3, -0.25) is 0 Å². The number of hydrogen-bond donors (Lipinski definition) is 2. The zero-order chi connectivity index (χ0) is 12.5. The average Bonchev–Trinajstić information content (AvgIpc) is 3.04. The van der Waals surface area contributed by atoms with Crippen LogP contribution in [0, 0.1) is 0 Å². The lowest BCUT2D eigenvalue weighted by molar-refractivity contribution is 0.356. The Balaban J connectivity index is 2.17. The van der Waals surface area contributed by atoms with Gasteiger partial charge in [-0.1, -0.05) is 0 Å². The largest absolute Gasteiger partial charge is 0.493 e. The van der Waals surface area contributed by atoms with Gasteiger partial charge < -0.3 is 14.5 Å². The van der Waals surface area contributed by atoms with Gasteiger partial charge in [0.15, 0.2) is 17.3 Å². The normalized spacial score (nSPS) is 10.8. The van der Waals surface area contributed by atoms with E-state index in [1.165, 1.54) is 0 Å². The summed E-state index contributed by atoms with van der Waals surface area (Å²) in [5.41, 5.74) is 2.29. The van der Waals surface area contributed by atoms with Crippen LogP contribution in [-0.4, -0.2) is 39.6 Å². The number of imidazole rings is 1. The van der Waals surface area contributed by atoms with E-state index in [0.717, 1.165) is 11.0 Å². The molecular weight excluding hydrogens is 234 g/mol. The minimum atomic E-state index is 0.642. The zero-order valence-corrected chi connectivity index (χ0v) is 9.89. The van der Waals surface area contributed by atoms with Gasteiger partial charge in [0.05, 0.1) is 31.4 Å². The fourth-order valence-corrected chi connectivity index (χ4v) is 1.77. The zero-order valence-electron chi connectivity index (χ0n) is 9.89. The van der Waals surface area contributed by atoms with Gasteiger partial charge in [-0.2, -0.15) is 15.4 Å². The van der Waals surface area contributed by atoms with Crippen LogP contribution >= 0.6 is 0 Å². The number of aromatic amines is 2. The quantitative estimate of drug-likeness (QED) is 0.727. The van der Waals surface area contributed by atoms with Crippen LogP contribution in [0.1, 0.15) is 0 Å². The van der Waals surface area contributed by atoms with Gasteiger partial charge in [0, 0.05) is 12.1 Å². The van der Waals surface area contributed by atoms with Gasteiger partial charge in [-0.15, -0.1) is 0 Å². The molecular formula is C11H11N5O2. The van der Waals surface area contributed by atoms with Crippen LogP contribution in [0.5, 0.6) is 11.5 Å². The lowest BCUT2D eigenvalue weighted by Crippen LogP contribution is -1.89.